The summed E-state index contributed by atoms with van der Waals surface area (Å²) in [6, 6.07) is 52.6. The molecule has 48 heavy (non-hydrogen) atoms. The van der Waals surface area contributed by atoms with Gasteiger partial charge in [-0.3, -0.25) is 9.55 Å². The average Bonchev–Trinajstić information content (AvgIpc) is 3.78. The van der Waals surface area contributed by atoms with Crippen molar-refractivity contribution < 1.29 is 0 Å². The molecule has 1 aliphatic rings. The van der Waals surface area contributed by atoms with Crippen molar-refractivity contribution in [3.63, 3.8) is 0 Å². The molecule has 0 fully saturated rings. The van der Waals surface area contributed by atoms with Crippen LogP contribution in [0.5, 0.6) is 0 Å². The van der Waals surface area contributed by atoms with Crippen molar-refractivity contribution in [2.45, 2.75) is 0 Å². The Hall–Kier alpha value is -6.52. The Bertz CT molecular complexity index is 2950. The van der Waals surface area contributed by atoms with Gasteiger partial charge in [0.15, 0.2) is 0 Å². The van der Waals surface area contributed by atoms with Gasteiger partial charge in [-0.1, -0.05) is 84.9 Å². The molecule has 0 saturated carbocycles. The average molecular weight is 611 g/mol. The first-order valence-corrected chi connectivity index (χ1v) is 16.3. The van der Waals surface area contributed by atoms with Gasteiger partial charge in [0.1, 0.15) is 5.82 Å². The lowest BCUT2D eigenvalue weighted by Gasteiger charge is -2.11. The Labute approximate surface area is 275 Å². The normalized spacial score (nSPS) is 12.2. The first kappa shape index (κ1) is 25.6. The van der Waals surface area contributed by atoms with Gasteiger partial charge in [0, 0.05) is 56.1 Å². The predicted molar refractivity (Wildman–Crippen MR) is 198 cm³/mol. The second kappa shape index (κ2) is 9.50. The number of rotatable bonds is 3. The van der Waals surface area contributed by atoms with Gasteiger partial charge in [-0.25, -0.2) is 4.98 Å². The number of hydrogen-bond donors (Lipinski definition) is 0. The zero-order chi connectivity index (χ0) is 31.3. The van der Waals surface area contributed by atoms with Gasteiger partial charge in [0.25, 0.3) is 0 Å². The minimum atomic E-state index is 0.924. The van der Waals surface area contributed by atoms with Gasteiger partial charge in [-0.05, 0) is 82.7 Å². The predicted octanol–water partition coefficient (Wildman–Crippen LogP) is 11.1. The fourth-order valence-corrected chi connectivity index (χ4v) is 8.05. The minimum Gasteiger partial charge on any atom is -0.309 e. The zero-order valence-corrected chi connectivity index (χ0v) is 25.8. The number of benzene rings is 6. The molecule has 0 aliphatic heterocycles. The van der Waals surface area contributed by atoms with Gasteiger partial charge in [0.05, 0.1) is 27.8 Å². The molecule has 0 saturated heterocycles. The van der Waals surface area contributed by atoms with Gasteiger partial charge in [0.2, 0.25) is 0 Å². The molecule has 10 aromatic rings. The van der Waals surface area contributed by atoms with Crippen LogP contribution < -0.4 is 0 Å². The first-order chi connectivity index (χ1) is 23.8. The first-order valence-electron chi connectivity index (χ1n) is 16.3. The Balaban J connectivity index is 1.12. The van der Waals surface area contributed by atoms with Crippen LogP contribution in [0.1, 0.15) is 0 Å². The molecule has 4 heterocycles. The summed E-state index contributed by atoms with van der Waals surface area (Å²) in [5.74, 6) is 0.924. The van der Waals surface area contributed by atoms with E-state index in [-0.39, 0.29) is 0 Å². The zero-order valence-electron chi connectivity index (χ0n) is 25.8. The van der Waals surface area contributed by atoms with E-state index in [0.29, 0.717) is 0 Å². The van der Waals surface area contributed by atoms with E-state index in [9.17, 15) is 0 Å². The molecule has 4 aromatic heterocycles. The molecule has 0 atom stereocenters. The number of aromatic nitrogens is 4. The Kier molecular flexibility index (Phi) is 5.08. The molecule has 4 nitrogen and oxygen atoms in total. The van der Waals surface area contributed by atoms with Gasteiger partial charge < -0.3 is 4.57 Å². The summed E-state index contributed by atoms with van der Waals surface area (Å²) >= 11 is 0. The SMILES string of the molecule is c1ccc(-n2c3ccccc3c3cc(-c4ccc5c(c4)c4ccccc4n5-c4cc5cccc6c5c(n4)-c4ccncc4-6)ccc32)cc1. The highest BCUT2D eigenvalue weighted by Crippen LogP contribution is 2.47. The van der Waals surface area contributed by atoms with Gasteiger partial charge >= 0.3 is 0 Å². The Morgan fingerprint density at radius 3 is 1.83 bits per heavy atom. The van der Waals surface area contributed by atoms with Crippen LogP contribution in [0, 0.1) is 0 Å². The highest BCUT2D eigenvalue weighted by Gasteiger charge is 2.25. The third kappa shape index (κ3) is 3.43. The fourth-order valence-electron chi connectivity index (χ4n) is 8.05. The number of pyridine rings is 2. The van der Waals surface area contributed by atoms with Crippen LogP contribution in [-0.4, -0.2) is 19.1 Å². The second-order valence-corrected chi connectivity index (χ2v) is 12.7. The van der Waals surface area contributed by atoms with Crippen LogP contribution in [-0.2, 0) is 0 Å². The summed E-state index contributed by atoms with van der Waals surface area (Å²) < 4.78 is 4.69. The monoisotopic (exact) mass is 610 g/mol. The Morgan fingerprint density at radius 2 is 1.08 bits per heavy atom. The molecule has 1 aliphatic carbocycles. The van der Waals surface area contributed by atoms with Crippen LogP contribution >= 0.6 is 0 Å². The maximum absolute atomic E-state index is 5.36. The lowest BCUT2D eigenvalue weighted by molar-refractivity contribution is 1.09. The maximum atomic E-state index is 5.36. The number of nitrogens with zero attached hydrogens (tertiary/aromatic N) is 4. The van der Waals surface area contributed by atoms with E-state index < -0.39 is 0 Å². The van der Waals surface area contributed by atoms with E-state index in [1.165, 1.54) is 65.7 Å². The number of hydrogen-bond acceptors (Lipinski definition) is 2. The van der Waals surface area contributed by atoms with Crippen LogP contribution in [0.25, 0.3) is 99.4 Å². The summed E-state index contributed by atoms with van der Waals surface area (Å²) in [6.45, 7) is 0. The molecule has 11 rings (SSSR count). The van der Waals surface area contributed by atoms with Crippen molar-refractivity contribution in [3.8, 4) is 45.0 Å². The summed E-state index contributed by atoms with van der Waals surface area (Å²) in [5, 5.41) is 7.33. The highest BCUT2D eigenvalue weighted by atomic mass is 15.1. The van der Waals surface area contributed by atoms with E-state index in [2.05, 4.69) is 160 Å². The molecule has 6 aromatic carbocycles. The van der Waals surface area contributed by atoms with Crippen molar-refractivity contribution in [1.82, 2.24) is 19.1 Å². The third-order valence-corrected chi connectivity index (χ3v) is 10.1. The van der Waals surface area contributed by atoms with Crippen LogP contribution in [0.2, 0.25) is 0 Å². The fraction of sp³-hybridized carbons (Fsp3) is 0. The lowest BCUT2D eigenvalue weighted by atomic mass is 10.0. The molecule has 0 amide bonds. The molecule has 0 bridgehead atoms. The summed E-state index contributed by atoms with van der Waals surface area (Å²) in [5.41, 5.74) is 12.8. The topological polar surface area (TPSA) is 35.6 Å². The molecule has 0 unspecified atom stereocenters. The van der Waals surface area contributed by atoms with E-state index in [1.54, 1.807) is 0 Å². The van der Waals surface area contributed by atoms with E-state index in [1.807, 2.05) is 12.4 Å². The van der Waals surface area contributed by atoms with Crippen molar-refractivity contribution >= 4 is 54.4 Å². The van der Waals surface area contributed by atoms with Crippen molar-refractivity contribution in [2.24, 2.45) is 0 Å². The van der Waals surface area contributed by atoms with Crippen molar-refractivity contribution in [3.05, 3.63) is 158 Å². The lowest BCUT2D eigenvalue weighted by Crippen LogP contribution is -1.99. The minimum absolute atomic E-state index is 0.924. The van der Waals surface area contributed by atoms with Crippen LogP contribution in [0.3, 0.4) is 0 Å². The van der Waals surface area contributed by atoms with Gasteiger partial charge in [-0.2, -0.15) is 0 Å². The molecular formula is C44H26N4. The summed E-state index contributed by atoms with van der Waals surface area (Å²) in [6.07, 6.45) is 3.83. The standard InChI is InChI=1S/C44H26N4/c1-2-10-30(11-3-1)47-38-15-6-4-12-31(38)35-23-27(17-19-40(35)47)28-18-20-41-36(24-28)32-13-5-7-16-39(32)48(41)42-25-29-9-8-14-33-37-26-45-22-21-34(37)44(46-42)43(29)33/h1-26H. The van der Waals surface area contributed by atoms with E-state index in [4.69, 9.17) is 4.98 Å². The molecule has 0 N–H and O–H groups in total. The van der Waals surface area contributed by atoms with Crippen LogP contribution in [0.15, 0.2) is 158 Å². The second-order valence-electron chi connectivity index (χ2n) is 12.7. The number of para-hydroxylation sites is 3. The summed E-state index contributed by atoms with van der Waals surface area (Å²) in [4.78, 5) is 9.79. The highest BCUT2D eigenvalue weighted by molar-refractivity contribution is 6.15. The van der Waals surface area contributed by atoms with Gasteiger partial charge in [-0.15, -0.1) is 0 Å². The molecule has 4 heteroatoms. The molecular weight excluding hydrogens is 585 g/mol. The van der Waals surface area contributed by atoms with Crippen LogP contribution in [0.4, 0.5) is 0 Å². The quantitative estimate of drug-likeness (QED) is 0.199. The molecule has 222 valence electrons. The molecule has 0 spiro atoms. The smallest absolute Gasteiger partial charge is 0.138 e. The largest absolute Gasteiger partial charge is 0.309 e. The molecule has 0 radical (unpaired) electrons. The summed E-state index contributed by atoms with van der Waals surface area (Å²) in [7, 11) is 0. The van der Waals surface area contributed by atoms with E-state index in [0.717, 1.165) is 33.7 Å². The van der Waals surface area contributed by atoms with Crippen molar-refractivity contribution in [2.75, 3.05) is 0 Å². The maximum Gasteiger partial charge on any atom is 0.138 e. The third-order valence-electron chi connectivity index (χ3n) is 10.1. The Morgan fingerprint density at radius 1 is 0.438 bits per heavy atom. The van der Waals surface area contributed by atoms with E-state index >= 15 is 0 Å². The van der Waals surface area contributed by atoms with Crippen molar-refractivity contribution in [1.29, 1.82) is 0 Å². The number of fused-ring (bicyclic) bond motifs is 9.